The van der Waals surface area contributed by atoms with Crippen molar-refractivity contribution in [3.63, 3.8) is 0 Å². The Morgan fingerprint density at radius 3 is 2.34 bits per heavy atom. The predicted octanol–water partition coefficient (Wildman–Crippen LogP) is 6.05. The first-order valence-corrected chi connectivity index (χ1v) is 12.4. The van der Waals surface area contributed by atoms with E-state index in [1.165, 1.54) is 36.5 Å². The molecule has 0 bridgehead atoms. The second kappa shape index (κ2) is 11.5. The van der Waals surface area contributed by atoms with E-state index in [1.54, 1.807) is 19.1 Å². The number of carbonyl (C=O) groups excluding carboxylic acids is 2. The van der Waals surface area contributed by atoms with Gasteiger partial charge in [0.25, 0.3) is 0 Å². The van der Waals surface area contributed by atoms with Gasteiger partial charge in [0.2, 0.25) is 5.91 Å². The minimum absolute atomic E-state index is 0.0729. The van der Waals surface area contributed by atoms with Gasteiger partial charge in [-0.1, -0.05) is 24.3 Å². The van der Waals surface area contributed by atoms with E-state index in [4.69, 9.17) is 5.73 Å². The van der Waals surface area contributed by atoms with Crippen molar-refractivity contribution >= 4 is 40.6 Å². The lowest BCUT2D eigenvalue weighted by Crippen LogP contribution is -2.32. The number of anilines is 5. The number of hydrogen-bond donors (Lipinski definition) is 3. The molecule has 0 fully saturated rings. The number of urea groups is 1. The highest BCUT2D eigenvalue weighted by Gasteiger charge is 2.35. The van der Waals surface area contributed by atoms with E-state index in [-0.39, 0.29) is 28.2 Å². The third-order valence-corrected chi connectivity index (χ3v) is 6.34. The molecule has 0 aliphatic heterocycles. The zero-order chi connectivity index (χ0) is 29.9. The van der Waals surface area contributed by atoms with Gasteiger partial charge in [0.05, 0.1) is 5.56 Å². The topological polar surface area (TPSA) is 116 Å². The lowest BCUT2D eigenvalue weighted by atomic mass is 9.92. The molecule has 41 heavy (non-hydrogen) atoms. The standard InChI is InChI=1S/C29H28F3N7O2/c1-17-11-12-18(26-21(27(33)40)9-6-10-22(26)29(30,31)32)13-23(17)37-28(41)39(4)25-15-24(34-16-35-25)36-19-7-5-8-20(14-19)38(2)3/h5-16H,1-4H3,(H2,33,40)(H,37,41)(H,34,35,36). The van der Waals surface area contributed by atoms with Crippen molar-refractivity contribution in [2.24, 2.45) is 5.73 Å². The Morgan fingerprint density at radius 2 is 1.66 bits per heavy atom. The zero-order valence-electron chi connectivity index (χ0n) is 22.7. The Labute approximate surface area is 234 Å². The Balaban J connectivity index is 1.60. The average Bonchev–Trinajstić information content (AvgIpc) is 2.93. The number of rotatable bonds is 7. The summed E-state index contributed by atoms with van der Waals surface area (Å²) in [5.74, 6) is -0.277. The molecule has 3 amide bonds. The lowest BCUT2D eigenvalue weighted by Gasteiger charge is -2.20. The summed E-state index contributed by atoms with van der Waals surface area (Å²) in [6, 6.07) is 16.3. The van der Waals surface area contributed by atoms with Crippen molar-refractivity contribution < 1.29 is 22.8 Å². The van der Waals surface area contributed by atoms with Crippen molar-refractivity contribution in [1.29, 1.82) is 0 Å². The van der Waals surface area contributed by atoms with Crippen LogP contribution in [0.3, 0.4) is 0 Å². The van der Waals surface area contributed by atoms with Crippen molar-refractivity contribution in [3.8, 4) is 11.1 Å². The van der Waals surface area contributed by atoms with E-state index in [2.05, 4.69) is 20.6 Å². The smallest absolute Gasteiger partial charge is 0.378 e. The van der Waals surface area contributed by atoms with Crippen LogP contribution in [0.1, 0.15) is 21.5 Å². The van der Waals surface area contributed by atoms with Gasteiger partial charge in [0.1, 0.15) is 18.0 Å². The number of hydrogen-bond acceptors (Lipinski definition) is 6. The molecule has 0 aliphatic rings. The quantitative estimate of drug-likeness (QED) is 0.252. The summed E-state index contributed by atoms with van der Waals surface area (Å²) < 4.78 is 41.5. The van der Waals surface area contributed by atoms with Crippen LogP contribution in [0, 0.1) is 6.92 Å². The van der Waals surface area contributed by atoms with Crippen LogP contribution in [0.15, 0.2) is 73.1 Å². The summed E-state index contributed by atoms with van der Waals surface area (Å²) in [5.41, 5.74) is 6.43. The van der Waals surface area contributed by atoms with Gasteiger partial charge in [0.15, 0.2) is 0 Å². The molecule has 4 aromatic rings. The third kappa shape index (κ3) is 6.55. The molecule has 4 rings (SSSR count). The summed E-state index contributed by atoms with van der Waals surface area (Å²) in [5, 5.41) is 5.90. The maximum Gasteiger partial charge on any atom is 0.417 e. The van der Waals surface area contributed by atoms with Crippen LogP contribution in [0.2, 0.25) is 0 Å². The first kappa shape index (κ1) is 28.9. The van der Waals surface area contributed by atoms with E-state index in [0.717, 1.165) is 23.5 Å². The van der Waals surface area contributed by atoms with Crippen LogP contribution in [-0.2, 0) is 6.18 Å². The molecule has 0 saturated carbocycles. The number of aryl methyl sites for hydroxylation is 1. The van der Waals surface area contributed by atoms with E-state index in [0.29, 0.717) is 11.4 Å². The predicted molar refractivity (Wildman–Crippen MR) is 154 cm³/mol. The molecule has 1 aromatic heterocycles. The van der Waals surface area contributed by atoms with Crippen LogP contribution in [0.25, 0.3) is 11.1 Å². The Kier molecular flexibility index (Phi) is 8.13. The average molecular weight is 564 g/mol. The van der Waals surface area contributed by atoms with Crippen LogP contribution >= 0.6 is 0 Å². The Hall–Kier alpha value is -5.13. The molecule has 0 unspecified atom stereocenters. The van der Waals surface area contributed by atoms with Gasteiger partial charge in [0, 0.05) is 55.4 Å². The number of primary amides is 1. The fourth-order valence-electron chi connectivity index (χ4n) is 4.13. The molecule has 4 N–H and O–H groups in total. The number of alkyl halides is 3. The van der Waals surface area contributed by atoms with E-state index in [9.17, 15) is 22.8 Å². The first-order valence-electron chi connectivity index (χ1n) is 12.4. The summed E-state index contributed by atoms with van der Waals surface area (Å²) >= 11 is 0. The second-order valence-corrected chi connectivity index (χ2v) is 9.44. The summed E-state index contributed by atoms with van der Waals surface area (Å²) in [6.07, 6.45) is -3.43. The molecular formula is C29H28F3N7O2. The van der Waals surface area contributed by atoms with E-state index < -0.39 is 23.7 Å². The van der Waals surface area contributed by atoms with E-state index >= 15 is 0 Å². The minimum atomic E-state index is -4.73. The number of nitrogens with one attached hydrogen (secondary N) is 2. The molecule has 1 heterocycles. The number of aromatic nitrogens is 2. The van der Waals surface area contributed by atoms with Gasteiger partial charge in [-0.25, -0.2) is 14.8 Å². The highest BCUT2D eigenvalue weighted by Crippen LogP contribution is 2.40. The van der Waals surface area contributed by atoms with Crippen LogP contribution in [-0.4, -0.2) is 43.0 Å². The van der Waals surface area contributed by atoms with Gasteiger partial charge < -0.3 is 21.3 Å². The van der Waals surface area contributed by atoms with Gasteiger partial charge in [-0.15, -0.1) is 0 Å². The van der Waals surface area contributed by atoms with Crippen molar-refractivity contribution in [3.05, 3.63) is 89.7 Å². The number of amides is 3. The summed E-state index contributed by atoms with van der Waals surface area (Å²) in [7, 11) is 5.36. The molecule has 212 valence electrons. The number of nitrogens with two attached hydrogens (primary N) is 1. The fraction of sp³-hybridized carbons (Fsp3) is 0.172. The Bertz CT molecular complexity index is 1610. The van der Waals surface area contributed by atoms with Gasteiger partial charge in [-0.3, -0.25) is 9.69 Å². The fourth-order valence-corrected chi connectivity index (χ4v) is 4.13. The van der Waals surface area contributed by atoms with Crippen molar-refractivity contribution in [1.82, 2.24) is 9.97 Å². The lowest BCUT2D eigenvalue weighted by molar-refractivity contribution is -0.137. The number of nitrogens with zero attached hydrogens (tertiary/aromatic N) is 4. The second-order valence-electron chi connectivity index (χ2n) is 9.44. The van der Waals surface area contributed by atoms with Crippen LogP contribution in [0.5, 0.6) is 0 Å². The van der Waals surface area contributed by atoms with Crippen molar-refractivity contribution in [2.75, 3.05) is 41.6 Å². The van der Waals surface area contributed by atoms with Crippen molar-refractivity contribution in [2.45, 2.75) is 13.1 Å². The molecule has 3 aromatic carbocycles. The first-order chi connectivity index (χ1) is 19.3. The largest absolute Gasteiger partial charge is 0.417 e. The van der Waals surface area contributed by atoms with Gasteiger partial charge >= 0.3 is 12.2 Å². The van der Waals surface area contributed by atoms with Crippen LogP contribution < -0.4 is 26.2 Å². The molecular weight excluding hydrogens is 535 g/mol. The van der Waals surface area contributed by atoms with Gasteiger partial charge in [-0.2, -0.15) is 13.2 Å². The molecule has 0 atom stereocenters. The number of halogens is 3. The minimum Gasteiger partial charge on any atom is -0.378 e. The summed E-state index contributed by atoms with van der Waals surface area (Å²) in [4.78, 5) is 36.8. The number of benzene rings is 3. The Morgan fingerprint density at radius 1 is 0.927 bits per heavy atom. The highest BCUT2D eigenvalue weighted by molar-refractivity contribution is 6.03. The van der Waals surface area contributed by atoms with Crippen LogP contribution in [0.4, 0.5) is 46.7 Å². The number of carbonyl (C=O) groups is 2. The maximum atomic E-state index is 13.8. The highest BCUT2D eigenvalue weighted by atomic mass is 19.4. The SMILES string of the molecule is Cc1ccc(-c2c(C(N)=O)cccc2C(F)(F)F)cc1NC(=O)N(C)c1cc(Nc2cccc(N(C)C)c2)ncn1. The zero-order valence-corrected chi connectivity index (χ0v) is 22.7. The normalized spacial score (nSPS) is 11.1. The van der Waals surface area contributed by atoms with Gasteiger partial charge in [-0.05, 0) is 54.4 Å². The maximum absolute atomic E-state index is 13.8. The summed E-state index contributed by atoms with van der Waals surface area (Å²) in [6.45, 7) is 1.69. The molecule has 0 aliphatic carbocycles. The monoisotopic (exact) mass is 563 g/mol. The molecule has 0 radical (unpaired) electrons. The molecule has 9 nitrogen and oxygen atoms in total. The molecule has 0 spiro atoms. The van der Waals surface area contributed by atoms with E-state index in [1.807, 2.05) is 43.3 Å². The molecule has 0 saturated heterocycles. The third-order valence-electron chi connectivity index (χ3n) is 6.34. The molecule has 12 heteroatoms.